The SMILES string of the molecule is COC(=O)c1ccc(C(=S)C2CNCCO2)cc1. The van der Waals surface area contributed by atoms with E-state index in [0.29, 0.717) is 12.2 Å². The van der Waals surface area contributed by atoms with Gasteiger partial charge in [-0.3, -0.25) is 0 Å². The van der Waals surface area contributed by atoms with Crippen molar-refractivity contribution in [3.8, 4) is 0 Å². The van der Waals surface area contributed by atoms with E-state index in [0.717, 1.165) is 23.5 Å². The van der Waals surface area contributed by atoms with Crippen LogP contribution in [0.4, 0.5) is 0 Å². The van der Waals surface area contributed by atoms with Gasteiger partial charge in [0.25, 0.3) is 0 Å². The molecule has 0 amide bonds. The van der Waals surface area contributed by atoms with Crippen molar-refractivity contribution in [2.45, 2.75) is 6.10 Å². The number of thiocarbonyl (C=S) groups is 1. The fourth-order valence-electron chi connectivity index (χ4n) is 1.81. The molecule has 1 heterocycles. The first-order chi connectivity index (χ1) is 8.72. The lowest BCUT2D eigenvalue weighted by atomic mass is 10.0. The summed E-state index contributed by atoms with van der Waals surface area (Å²) in [6, 6.07) is 7.08. The molecule has 0 aromatic heterocycles. The van der Waals surface area contributed by atoms with Gasteiger partial charge >= 0.3 is 5.97 Å². The lowest BCUT2D eigenvalue weighted by molar-refractivity contribution is 0.0601. The van der Waals surface area contributed by atoms with Crippen LogP contribution in [-0.2, 0) is 9.47 Å². The lowest BCUT2D eigenvalue weighted by Crippen LogP contribution is -2.42. The molecule has 0 radical (unpaired) electrons. The Bertz CT molecular complexity index is 438. The zero-order valence-corrected chi connectivity index (χ0v) is 11.0. The molecule has 5 heteroatoms. The number of hydrogen-bond donors (Lipinski definition) is 1. The number of hydrogen-bond acceptors (Lipinski definition) is 5. The molecule has 18 heavy (non-hydrogen) atoms. The van der Waals surface area contributed by atoms with Crippen LogP contribution < -0.4 is 5.32 Å². The second-order valence-electron chi connectivity index (χ2n) is 4.00. The number of rotatable bonds is 3. The van der Waals surface area contributed by atoms with Crippen LogP contribution in [0.1, 0.15) is 15.9 Å². The van der Waals surface area contributed by atoms with Crippen molar-refractivity contribution >= 4 is 23.1 Å². The Balaban J connectivity index is 2.08. The van der Waals surface area contributed by atoms with Gasteiger partial charge in [0.15, 0.2) is 0 Å². The second-order valence-corrected chi connectivity index (χ2v) is 4.44. The summed E-state index contributed by atoms with van der Waals surface area (Å²) in [6.07, 6.45) is -0.0715. The van der Waals surface area contributed by atoms with E-state index in [2.05, 4.69) is 10.1 Å². The summed E-state index contributed by atoms with van der Waals surface area (Å²) in [6.45, 7) is 2.27. The Morgan fingerprint density at radius 2 is 2.06 bits per heavy atom. The van der Waals surface area contributed by atoms with Crippen LogP contribution in [0.2, 0.25) is 0 Å². The fourth-order valence-corrected chi connectivity index (χ4v) is 2.10. The molecule has 1 aliphatic heterocycles. The number of methoxy groups -OCH3 is 1. The lowest BCUT2D eigenvalue weighted by Gasteiger charge is -2.24. The van der Waals surface area contributed by atoms with E-state index in [-0.39, 0.29) is 12.1 Å². The number of benzene rings is 1. The maximum absolute atomic E-state index is 11.3. The summed E-state index contributed by atoms with van der Waals surface area (Å²) in [7, 11) is 1.36. The number of carbonyl (C=O) groups excluding carboxylic acids is 1. The predicted molar refractivity (Wildman–Crippen MR) is 72.1 cm³/mol. The van der Waals surface area contributed by atoms with Gasteiger partial charge in [0.2, 0.25) is 0 Å². The molecule has 1 aromatic carbocycles. The van der Waals surface area contributed by atoms with Crippen molar-refractivity contribution in [3.05, 3.63) is 35.4 Å². The highest BCUT2D eigenvalue weighted by Crippen LogP contribution is 2.12. The molecule has 1 aromatic rings. The minimum atomic E-state index is -0.344. The van der Waals surface area contributed by atoms with Crippen LogP contribution in [0.3, 0.4) is 0 Å². The van der Waals surface area contributed by atoms with Gasteiger partial charge in [-0.2, -0.15) is 0 Å². The minimum Gasteiger partial charge on any atom is -0.465 e. The van der Waals surface area contributed by atoms with Crippen LogP contribution >= 0.6 is 12.2 Å². The number of morpholine rings is 1. The number of carbonyl (C=O) groups is 1. The third-order valence-electron chi connectivity index (χ3n) is 2.81. The van der Waals surface area contributed by atoms with E-state index >= 15 is 0 Å². The first-order valence-electron chi connectivity index (χ1n) is 5.77. The molecule has 96 valence electrons. The van der Waals surface area contributed by atoms with Crippen LogP contribution in [0.25, 0.3) is 0 Å². The quantitative estimate of drug-likeness (QED) is 0.505. The van der Waals surface area contributed by atoms with E-state index < -0.39 is 0 Å². The zero-order chi connectivity index (χ0) is 13.0. The Morgan fingerprint density at radius 3 is 2.61 bits per heavy atom. The van der Waals surface area contributed by atoms with Gasteiger partial charge in [0.05, 0.1) is 24.1 Å². The Hall–Kier alpha value is -1.30. The average molecular weight is 265 g/mol. The monoisotopic (exact) mass is 265 g/mol. The molecule has 0 spiro atoms. The molecule has 2 rings (SSSR count). The molecule has 1 atom stereocenters. The van der Waals surface area contributed by atoms with Crippen LogP contribution in [-0.4, -0.2) is 43.7 Å². The summed E-state index contributed by atoms with van der Waals surface area (Å²) in [4.78, 5) is 12.1. The molecule has 1 fully saturated rings. The molecular weight excluding hydrogens is 250 g/mol. The Morgan fingerprint density at radius 1 is 1.39 bits per heavy atom. The van der Waals surface area contributed by atoms with Crippen molar-refractivity contribution in [1.82, 2.24) is 5.32 Å². The van der Waals surface area contributed by atoms with E-state index in [1.54, 1.807) is 12.1 Å². The molecule has 1 saturated heterocycles. The summed E-state index contributed by atoms with van der Waals surface area (Å²) >= 11 is 5.40. The highest BCUT2D eigenvalue weighted by molar-refractivity contribution is 7.81. The minimum absolute atomic E-state index is 0.0715. The molecular formula is C13H15NO3S. The maximum Gasteiger partial charge on any atom is 0.337 e. The second kappa shape index (κ2) is 6.04. The van der Waals surface area contributed by atoms with Crippen molar-refractivity contribution in [2.75, 3.05) is 26.8 Å². The van der Waals surface area contributed by atoms with Crippen molar-refractivity contribution in [1.29, 1.82) is 0 Å². The first kappa shape index (κ1) is 13.1. The maximum atomic E-state index is 11.3. The molecule has 0 aliphatic carbocycles. The van der Waals surface area contributed by atoms with E-state index in [4.69, 9.17) is 17.0 Å². The van der Waals surface area contributed by atoms with Crippen LogP contribution in [0.5, 0.6) is 0 Å². The van der Waals surface area contributed by atoms with E-state index in [1.807, 2.05) is 12.1 Å². The van der Waals surface area contributed by atoms with Crippen molar-refractivity contribution in [2.24, 2.45) is 0 Å². The Labute approximate surface area is 111 Å². The van der Waals surface area contributed by atoms with Gasteiger partial charge in [-0.15, -0.1) is 0 Å². The Kier molecular flexibility index (Phi) is 4.41. The highest BCUT2D eigenvalue weighted by Gasteiger charge is 2.19. The van der Waals surface area contributed by atoms with Crippen molar-refractivity contribution in [3.63, 3.8) is 0 Å². The fraction of sp³-hybridized carbons (Fsp3) is 0.385. The number of ether oxygens (including phenoxy) is 2. The van der Waals surface area contributed by atoms with Gasteiger partial charge in [0, 0.05) is 13.1 Å². The summed E-state index contributed by atoms with van der Waals surface area (Å²) in [5.41, 5.74) is 1.43. The number of esters is 1. The molecule has 1 N–H and O–H groups in total. The van der Waals surface area contributed by atoms with Crippen molar-refractivity contribution < 1.29 is 14.3 Å². The zero-order valence-electron chi connectivity index (χ0n) is 10.1. The summed E-state index contributed by atoms with van der Waals surface area (Å²) in [5.74, 6) is -0.344. The molecule has 1 unspecified atom stereocenters. The molecule has 0 saturated carbocycles. The van der Waals surface area contributed by atoms with E-state index in [1.165, 1.54) is 7.11 Å². The molecule has 0 bridgehead atoms. The predicted octanol–water partition coefficient (Wildman–Crippen LogP) is 1.18. The average Bonchev–Trinajstić information content (AvgIpc) is 2.47. The van der Waals surface area contributed by atoms with Crippen LogP contribution in [0.15, 0.2) is 24.3 Å². The summed E-state index contributed by atoms with van der Waals surface area (Å²) in [5, 5.41) is 3.24. The van der Waals surface area contributed by atoms with Gasteiger partial charge in [-0.05, 0) is 17.7 Å². The largest absolute Gasteiger partial charge is 0.465 e. The first-order valence-corrected chi connectivity index (χ1v) is 6.18. The third kappa shape index (κ3) is 2.93. The normalized spacial score (nSPS) is 19.3. The topological polar surface area (TPSA) is 47.6 Å². The molecule has 4 nitrogen and oxygen atoms in total. The van der Waals surface area contributed by atoms with Gasteiger partial charge in [-0.25, -0.2) is 4.79 Å². The van der Waals surface area contributed by atoms with E-state index in [9.17, 15) is 4.79 Å². The summed E-state index contributed by atoms with van der Waals surface area (Å²) < 4.78 is 10.2. The van der Waals surface area contributed by atoms with Gasteiger partial charge in [-0.1, -0.05) is 24.4 Å². The van der Waals surface area contributed by atoms with Gasteiger partial charge < -0.3 is 14.8 Å². The molecule has 1 aliphatic rings. The smallest absolute Gasteiger partial charge is 0.337 e. The highest BCUT2D eigenvalue weighted by atomic mass is 32.1. The number of nitrogens with one attached hydrogen (secondary N) is 1. The standard InChI is InChI=1S/C13H15NO3S/c1-16-13(15)10-4-2-9(3-5-10)12(18)11-8-14-6-7-17-11/h2-5,11,14H,6-8H2,1H3. The third-order valence-corrected chi connectivity index (χ3v) is 3.31. The van der Waals surface area contributed by atoms with Crippen LogP contribution in [0, 0.1) is 0 Å². The van der Waals surface area contributed by atoms with Gasteiger partial charge in [0.1, 0.15) is 6.10 Å².